The van der Waals surface area contributed by atoms with Gasteiger partial charge in [0.15, 0.2) is 0 Å². The lowest BCUT2D eigenvalue weighted by molar-refractivity contribution is 0.414. The van der Waals surface area contributed by atoms with Crippen LogP contribution >= 0.6 is 11.8 Å². The first-order valence-electron chi connectivity index (χ1n) is 7.67. The van der Waals surface area contributed by atoms with Gasteiger partial charge in [-0.15, -0.1) is 0 Å². The van der Waals surface area contributed by atoms with E-state index < -0.39 is 0 Å². The van der Waals surface area contributed by atoms with Crippen LogP contribution in [0.5, 0.6) is 5.75 Å². The van der Waals surface area contributed by atoms with Crippen molar-refractivity contribution in [2.24, 2.45) is 5.92 Å². The molecule has 0 heterocycles. The lowest BCUT2D eigenvalue weighted by Crippen LogP contribution is -2.26. The van der Waals surface area contributed by atoms with E-state index in [9.17, 15) is 0 Å². The normalized spacial score (nSPS) is 18.9. The second-order valence-corrected chi connectivity index (χ2v) is 7.14. The van der Waals surface area contributed by atoms with Crippen LogP contribution in [0.3, 0.4) is 0 Å². The van der Waals surface area contributed by atoms with Crippen LogP contribution in [0.4, 0.5) is 0 Å². The molecule has 2 nitrogen and oxygen atoms in total. The largest absolute Gasteiger partial charge is 0.497 e. The molecule has 2 atom stereocenters. The lowest BCUT2D eigenvalue weighted by Gasteiger charge is -2.25. The first-order chi connectivity index (χ1) is 9.74. The number of rotatable bonds is 7. The average molecular weight is 293 g/mol. The number of nitrogens with one attached hydrogen (secondary N) is 1. The summed E-state index contributed by atoms with van der Waals surface area (Å²) in [5, 5.41) is 4.06. The molecule has 20 heavy (non-hydrogen) atoms. The van der Waals surface area contributed by atoms with E-state index in [2.05, 4.69) is 43.2 Å². The van der Waals surface area contributed by atoms with Crippen LogP contribution in [0, 0.1) is 5.92 Å². The van der Waals surface area contributed by atoms with Crippen molar-refractivity contribution in [3.8, 4) is 5.75 Å². The van der Waals surface area contributed by atoms with Gasteiger partial charge in [0.2, 0.25) is 0 Å². The molecule has 0 radical (unpaired) electrons. The fourth-order valence-electron chi connectivity index (χ4n) is 3.04. The molecular weight excluding hydrogens is 266 g/mol. The van der Waals surface area contributed by atoms with Crippen LogP contribution in [-0.2, 0) is 0 Å². The van der Waals surface area contributed by atoms with Gasteiger partial charge in [-0.1, -0.05) is 31.9 Å². The first kappa shape index (κ1) is 15.7. The lowest BCUT2D eigenvalue weighted by atomic mass is 10.0. The molecule has 112 valence electrons. The minimum Gasteiger partial charge on any atom is -0.497 e. The van der Waals surface area contributed by atoms with Crippen LogP contribution < -0.4 is 10.1 Å². The Labute approximate surface area is 127 Å². The Morgan fingerprint density at radius 2 is 1.90 bits per heavy atom. The van der Waals surface area contributed by atoms with Crippen molar-refractivity contribution in [1.82, 2.24) is 5.32 Å². The second-order valence-electron chi connectivity index (χ2n) is 5.73. The minimum absolute atomic E-state index is 0.410. The van der Waals surface area contributed by atoms with Gasteiger partial charge in [-0.25, -0.2) is 0 Å². The summed E-state index contributed by atoms with van der Waals surface area (Å²) in [6.45, 7) is 2.34. The van der Waals surface area contributed by atoms with Gasteiger partial charge in [0.25, 0.3) is 0 Å². The van der Waals surface area contributed by atoms with Gasteiger partial charge in [-0.05, 0) is 49.3 Å². The summed E-state index contributed by atoms with van der Waals surface area (Å²) >= 11 is 2.12. The zero-order valence-corrected chi connectivity index (χ0v) is 13.7. The van der Waals surface area contributed by atoms with E-state index in [1.807, 2.05) is 12.1 Å². The molecule has 2 unspecified atom stereocenters. The predicted octanol–water partition coefficient (Wildman–Crippen LogP) is 4.27. The highest BCUT2D eigenvalue weighted by Crippen LogP contribution is 2.33. The van der Waals surface area contributed by atoms with Crippen LogP contribution in [0.15, 0.2) is 24.3 Å². The molecule has 3 heteroatoms. The summed E-state index contributed by atoms with van der Waals surface area (Å²) in [4.78, 5) is 0. The van der Waals surface area contributed by atoms with Crippen molar-refractivity contribution in [2.75, 3.05) is 19.9 Å². The topological polar surface area (TPSA) is 21.3 Å². The van der Waals surface area contributed by atoms with Gasteiger partial charge in [0.05, 0.1) is 7.11 Å². The Balaban J connectivity index is 1.91. The predicted molar refractivity (Wildman–Crippen MR) is 88.7 cm³/mol. The molecule has 1 aliphatic rings. The number of hydrogen-bond donors (Lipinski definition) is 1. The minimum atomic E-state index is 0.410. The number of methoxy groups -OCH3 is 1. The van der Waals surface area contributed by atoms with E-state index in [1.165, 1.54) is 37.0 Å². The van der Waals surface area contributed by atoms with Crippen LogP contribution in [0.1, 0.15) is 44.2 Å². The van der Waals surface area contributed by atoms with Crippen molar-refractivity contribution in [3.05, 3.63) is 29.8 Å². The average Bonchev–Trinajstić information content (AvgIpc) is 3.00. The van der Waals surface area contributed by atoms with Crippen molar-refractivity contribution in [1.29, 1.82) is 0 Å². The Morgan fingerprint density at radius 3 is 2.45 bits per heavy atom. The number of hydrogen-bond acceptors (Lipinski definition) is 3. The van der Waals surface area contributed by atoms with Crippen LogP contribution in [0.2, 0.25) is 0 Å². The van der Waals surface area contributed by atoms with Crippen LogP contribution in [-0.4, -0.2) is 25.2 Å². The molecule has 0 amide bonds. The van der Waals surface area contributed by atoms with Gasteiger partial charge in [0.1, 0.15) is 5.75 Å². The molecule has 1 fully saturated rings. The molecule has 0 aliphatic heterocycles. The Hall–Kier alpha value is -0.670. The molecule has 1 saturated carbocycles. The van der Waals surface area contributed by atoms with E-state index >= 15 is 0 Å². The zero-order valence-electron chi connectivity index (χ0n) is 12.9. The highest BCUT2D eigenvalue weighted by molar-refractivity contribution is 7.99. The zero-order chi connectivity index (χ0) is 14.4. The summed E-state index contributed by atoms with van der Waals surface area (Å²) in [5.74, 6) is 3.20. The van der Waals surface area contributed by atoms with Gasteiger partial charge in [0, 0.05) is 11.3 Å². The van der Waals surface area contributed by atoms with E-state index in [0.29, 0.717) is 11.3 Å². The highest BCUT2D eigenvalue weighted by Gasteiger charge is 2.21. The van der Waals surface area contributed by atoms with E-state index in [1.54, 1.807) is 7.11 Å². The Kier molecular flexibility index (Phi) is 6.24. The fraction of sp³-hybridized carbons (Fsp3) is 0.647. The van der Waals surface area contributed by atoms with Gasteiger partial charge in [-0.2, -0.15) is 11.8 Å². The third-order valence-corrected chi connectivity index (χ3v) is 5.79. The SMILES string of the molecule is CNC(c1ccc(OC)cc1)C(C)SCC1CCCC1. The molecular formula is C17H27NOS. The van der Waals surface area contributed by atoms with E-state index in [-0.39, 0.29) is 0 Å². The number of benzene rings is 1. The van der Waals surface area contributed by atoms with Gasteiger partial charge < -0.3 is 10.1 Å². The van der Waals surface area contributed by atoms with E-state index in [4.69, 9.17) is 4.74 Å². The molecule has 1 aromatic rings. The Bertz CT molecular complexity index is 386. The third-order valence-electron chi connectivity index (χ3n) is 4.32. The standard InChI is InChI=1S/C17H27NOS/c1-13(20-12-14-6-4-5-7-14)17(18-2)15-8-10-16(19-3)11-9-15/h8-11,13-14,17-18H,4-7,12H2,1-3H3. The van der Waals surface area contributed by atoms with Crippen molar-refractivity contribution >= 4 is 11.8 Å². The molecule has 0 spiro atoms. The smallest absolute Gasteiger partial charge is 0.118 e. The van der Waals surface area contributed by atoms with Gasteiger partial charge >= 0.3 is 0 Å². The summed E-state index contributed by atoms with van der Waals surface area (Å²) in [7, 11) is 3.77. The van der Waals surface area contributed by atoms with Crippen molar-refractivity contribution < 1.29 is 4.74 Å². The third kappa shape index (κ3) is 4.16. The summed E-state index contributed by atoms with van der Waals surface area (Å²) in [6, 6.07) is 8.86. The number of thioether (sulfide) groups is 1. The molecule has 1 aromatic carbocycles. The van der Waals surface area contributed by atoms with Gasteiger partial charge in [-0.3, -0.25) is 0 Å². The first-order valence-corrected chi connectivity index (χ1v) is 8.72. The molecule has 2 rings (SSSR count). The summed E-state index contributed by atoms with van der Waals surface area (Å²) in [5.41, 5.74) is 1.35. The maximum Gasteiger partial charge on any atom is 0.118 e. The molecule has 0 saturated heterocycles. The van der Waals surface area contributed by atoms with Crippen molar-refractivity contribution in [2.45, 2.75) is 43.9 Å². The highest BCUT2D eigenvalue weighted by atomic mass is 32.2. The van der Waals surface area contributed by atoms with Crippen LogP contribution in [0.25, 0.3) is 0 Å². The van der Waals surface area contributed by atoms with Crippen molar-refractivity contribution in [3.63, 3.8) is 0 Å². The maximum absolute atomic E-state index is 5.23. The summed E-state index contributed by atoms with van der Waals surface area (Å²) < 4.78 is 5.23. The number of ether oxygens (including phenoxy) is 1. The second kappa shape index (κ2) is 7.94. The quantitative estimate of drug-likeness (QED) is 0.811. The molecule has 1 aliphatic carbocycles. The molecule has 0 bridgehead atoms. The fourth-order valence-corrected chi connectivity index (χ4v) is 4.44. The van der Waals surface area contributed by atoms with E-state index in [0.717, 1.165) is 11.7 Å². The maximum atomic E-state index is 5.23. The molecule has 1 N–H and O–H groups in total. The molecule has 0 aromatic heterocycles. The summed E-state index contributed by atoms with van der Waals surface area (Å²) in [6.07, 6.45) is 5.75. The Morgan fingerprint density at radius 1 is 1.25 bits per heavy atom. The monoisotopic (exact) mass is 293 g/mol.